The van der Waals surface area contributed by atoms with Crippen molar-refractivity contribution in [2.75, 3.05) is 32.1 Å². The van der Waals surface area contributed by atoms with E-state index in [2.05, 4.69) is 20.3 Å². The molecule has 31 heavy (non-hydrogen) atoms. The van der Waals surface area contributed by atoms with Crippen LogP contribution in [0.1, 0.15) is 17.4 Å². The molecule has 0 radical (unpaired) electrons. The monoisotopic (exact) mass is 441 g/mol. The zero-order valence-corrected chi connectivity index (χ0v) is 18.0. The highest BCUT2D eigenvalue weighted by Gasteiger charge is 2.34. The molecule has 2 aromatic heterocycles. The second-order valence-corrected chi connectivity index (χ2v) is 8.97. The lowest BCUT2D eigenvalue weighted by Crippen LogP contribution is -2.42. The van der Waals surface area contributed by atoms with Gasteiger partial charge >= 0.3 is 0 Å². The Kier molecular flexibility index (Phi) is 6.12. The van der Waals surface area contributed by atoms with E-state index in [4.69, 9.17) is 9.47 Å². The maximum Gasteiger partial charge on any atom is 0.246 e. The summed E-state index contributed by atoms with van der Waals surface area (Å²) in [5.41, 5.74) is 2.24. The Hall–Kier alpha value is -3.08. The quantitative estimate of drug-likeness (QED) is 0.622. The first-order chi connectivity index (χ1) is 15.0. The topological polar surface area (TPSA) is 107 Å². The number of hydrogen-bond acceptors (Lipinski definition) is 8. The van der Waals surface area contributed by atoms with Crippen LogP contribution in [0.3, 0.4) is 0 Å². The molecule has 3 heterocycles. The minimum Gasteiger partial charge on any atom is -0.495 e. The molecule has 9 nitrogen and oxygen atoms in total. The summed E-state index contributed by atoms with van der Waals surface area (Å²) in [6.07, 6.45) is 5.99. The Balaban J connectivity index is 1.51. The van der Waals surface area contributed by atoms with Crippen LogP contribution < -0.4 is 10.1 Å². The van der Waals surface area contributed by atoms with Gasteiger partial charge in [-0.1, -0.05) is 6.07 Å². The summed E-state index contributed by atoms with van der Waals surface area (Å²) in [7, 11) is -2.28. The van der Waals surface area contributed by atoms with E-state index < -0.39 is 16.1 Å². The number of benzene rings is 1. The third-order valence-electron chi connectivity index (χ3n) is 4.92. The fraction of sp³-hybridized carbons (Fsp3) is 0.286. The highest BCUT2D eigenvalue weighted by molar-refractivity contribution is 7.89. The van der Waals surface area contributed by atoms with Crippen LogP contribution in [0.15, 0.2) is 60.0 Å². The van der Waals surface area contributed by atoms with Crippen LogP contribution in [0.4, 0.5) is 11.5 Å². The summed E-state index contributed by atoms with van der Waals surface area (Å²) >= 11 is 0. The van der Waals surface area contributed by atoms with Crippen LogP contribution in [0, 0.1) is 6.92 Å². The number of aryl methyl sites for hydroxylation is 1. The molecule has 0 spiro atoms. The van der Waals surface area contributed by atoms with Crippen LogP contribution in [0.25, 0.3) is 0 Å². The zero-order chi connectivity index (χ0) is 21.8. The van der Waals surface area contributed by atoms with Crippen LogP contribution in [-0.2, 0) is 14.8 Å². The van der Waals surface area contributed by atoms with Crippen LogP contribution in [0.5, 0.6) is 5.75 Å². The maximum absolute atomic E-state index is 13.3. The van der Waals surface area contributed by atoms with Gasteiger partial charge in [0.25, 0.3) is 0 Å². The fourth-order valence-electron chi connectivity index (χ4n) is 3.33. The van der Waals surface area contributed by atoms with E-state index in [1.165, 1.54) is 11.4 Å². The Labute approximate surface area is 181 Å². The summed E-state index contributed by atoms with van der Waals surface area (Å²) in [6, 6.07) is 8.78. The maximum atomic E-state index is 13.3. The number of pyridine rings is 1. The predicted molar refractivity (Wildman–Crippen MR) is 115 cm³/mol. The lowest BCUT2D eigenvalue weighted by molar-refractivity contribution is -0.00495. The number of sulfonamides is 1. The smallest absolute Gasteiger partial charge is 0.246 e. The number of ether oxygens (including phenoxy) is 2. The predicted octanol–water partition coefficient (Wildman–Crippen LogP) is 2.69. The molecule has 1 aromatic carbocycles. The molecule has 0 aliphatic carbocycles. The Bertz CT molecular complexity index is 1140. The largest absolute Gasteiger partial charge is 0.495 e. The summed E-state index contributed by atoms with van der Waals surface area (Å²) in [5.74, 6) is 0.932. The molecule has 0 amide bonds. The molecule has 10 heteroatoms. The first-order valence-electron chi connectivity index (χ1n) is 9.73. The number of nitrogens with one attached hydrogen (secondary N) is 1. The van der Waals surface area contributed by atoms with Crippen LogP contribution in [-0.4, -0.2) is 54.5 Å². The molecule has 0 unspecified atom stereocenters. The van der Waals surface area contributed by atoms with Gasteiger partial charge in [0.2, 0.25) is 10.0 Å². The molecule has 0 bridgehead atoms. The standard InChI is InChI=1S/C21H23N5O4S/c1-15-3-6-18(29-2)20(11-15)31(27,28)26-9-10-30-19(14-26)17-5-4-16(12-24-17)25-21-13-22-7-8-23-21/h3-8,11-13,19H,9-10,14H2,1-2H3,(H,23,25)/t19-/m1/s1. The SMILES string of the molecule is COc1ccc(C)cc1S(=O)(=O)N1CCO[C@@H](c2ccc(Nc3cnccn3)cn2)C1. The van der Waals surface area contributed by atoms with Gasteiger partial charge in [-0.2, -0.15) is 4.31 Å². The van der Waals surface area contributed by atoms with Gasteiger partial charge in [0.15, 0.2) is 0 Å². The Morgan fingerprint density at radius 2 is 2.03 bits per heavy atom. The van der Waals surface area contributed by atoms with Crippen molar-refractivity contribution < 1.29 is 17.9 Å². The van der Waals surface area contributed by atoms with Crippen molar-refractivity contribution in [2.45, 2.75) is 17.9 Å². The molecule has 1 N–H and O–H groups in total. The van der Waals surface area contributed by atoms with Gasteiger partial charge in [0, 0.05) is 25.5 Å². The minimum absolute atomic E-state index is 0.159. The van der Waals surface area contributed by atoms with Crippen LogP contribution in [0.2, 0.25) is 0 Å². The third kappa shape index (κ3) is 4.66. The number of anilines is 2. The molecular weight excluding hydrogens is 418 g/mol. The number of morpholine rings is 1. The average molecular weight is 442 g/mol. The Morgan fingerprint density at radius 3 is 2.74 bits per heavy atom. The lowest BCUT2D eigenvalue weighted by Gasteiger charge is -2.32. The van der Waals surface area contributed by atoms with Gasteiger partial charge in [-0.3, -0.25) is 9.97 Å². The molecule has 1 aliphatic heterocycles. The van der Waals surface area contributed by atoms with E-state index in [-0.39, 0.29) is 24.6 Å². The molecule has 4 rings (SSSR count). The number of methoxy groups -OCH3 is 1. The highest BCUT2D eigenvalue weighted by Crippen LogP contribution is 2.31. The minimum atomic E-state index is -3.74. The summed E-state index contributed by atoms with van der Waals surface area (Å²) in [4.78, 5) is 12.8. The molecule has 0 saturated carbocycles. The van der Waals surface area contributed by atoms with E-state index in [1.807, 2.05) is 25.1 Å². The molecular formula is C21H23N5O4S. The molecule has 1 fully saturated rings. The van der Waals surface area contributed by atoms with E-state index in [0.29, 0.717) is 17.3 Å². The van der Waals surface area contributed by atoms with Gasteiger partial charge < -0.3 is 14.8 Å². The van der Waals surface area contributed by atoms with Crippen molar-refractivity contribution >= 4 is 21.5 Å². The highest BCUT2D eigenvalue weighted by atomic mass is 32.2. The lowest BCUT2D eigenvalue weighted by atomic mass is 10.2. The average Bonchev–Trinajstić information content (AvgIpc) is 2.80. The normalized spacial score (nSPS) is 17.3. The summed E-state index contributed by atoms with van der Waals surface area (Å²) in [6.45, 7) is 2.56. The number of nitrogens with zero attached hydrogens (tertiary/aromatic N) is 4. The van der Waals surface area contributed by atoms with Gasteiger partial charge in [-0.15, -0.1) is 0 Å². The Morgan fingerprint density at radius 1 is 1.16 bits per heavy atom. The van der Waals surface area contributed by atoms with E-state index in [0.717, 1.165) is 11.3 Å². The first-order valence-corrected chi connectivity index (χ1v) is 11.2. The summed E-state index contributed by atoms with van der Waals surface area (Å²) < 4.78 is 39.1. The van der Waals surface area contributed by atoms with E-state index >= 15 is 0 Å². The van der Waals surface area contributed by atoms with Gasteiger partial charge in [0.05, 0.1) is 37.5 Å². The second-order valence-electron chi connectivity index (χ2n) is 7.06. The number of rotatable bonds is 6. The van der Waals surface area contributed by atoms with Gasteiger partial charge in [0.1, 0.15) is 22.6 Å². The van der Waals surface area contributed by atoms with Crippen molar-refractivity contribution in [2.24, 2.45) is 0 Å². The molecule has 3 aromatic rings. The number of hydrogen-bond donors (Lipinski definition) is 1. The van der Waals surface area contributed by atoms with Gasteiger partial charge in [-0.05, 0) is 36.8 Å². The van der Waals surface area contributed by atoms with Gasteiger partial charge in [-0.25, -0.2) is 13.4 Å². The van der Waals surface area contributed by atoms with Crippen LogP contribution >= 0.6 is 0 Å². The van der Waals surface area contributed by atoms with Crippen molar-refractivity contribution in [1.29, 1.82) is 0 Å². The fourth-order valence-corrected chi connectivity index (χ4v) is 4.99. The van der Waals surface area contributed by atoms with Crippen molar-refractivity contribution in [3.8, 4) is 5.75 Å². The zero-order valence-electron chi connectivity index (χ0n) is 17.2. The number of aromatic nitrogens is 3. The van der Waals surface area contributed by atoms with Crippen molar-refractivity contribution in [3.05, 3.63) is 66.4 Å². The van der Waals surface area contributed by atoms with Crippen molar-refractivity contribution in [3.63, 3.8) is 0 Å². The van der Waals surface area contributed by atoms with E-state index in [1.54, 1.807) is 36.9 Å². The molecule has 1 saturated heterocycles. The third-order valence-corrected chi connectivity index (χ3v) is 6.80. The first kappa shape index (κ1) is 21.2. The van der Waals surface area contributed by atoms with Crippen molar-refractivity contribution in [1.82, 2.24) is 19.3 Å². The summed E-state index contributed by atoms with van der Waals surface area (Å²) in [5, 5.41) is 3.11. The molecule has 162 valence electrons. The molecule has 1 atom stereocenters. The second kappa shape index (κ2) is 8.96. The van der Waals surface area contributed by atoms with E-state index in [9.17, 15) is 8.42 Å². The molecule has 1 aliphatic rings.